The maximum Gasteiger partial charge on any atom is 0.326 e. The van der Waals surface area contributed by atoms with Crippen LogP contribution >= 0.6 is 0 Å². The fraction of sp³-hybridized carbons (Fsp3) is 0.615. The summed E-state index contributed by atoms with van der Waals surface area (Å²) in [5.74, 6) is -0.778. The number of rotatable bonds is 6. The number of nitrogens with zero attached hydrogens (tertiary/aromatic N) is 2. The maximum atomic E-state index is 12.1. The predicted octanol–water partition coefficient (Wildman–Crippen LogP) is 1.09. The van der Waals surface area contributed by atoms with Gasteiger partial charge in [-0.15, -0.1) is 0 Å². The number of hydrogen-bond acceptors (Lipinski definition) is 3. The topological polar surface area (TPSA) is 98.3 Å². The third-order valence-electron chi connectivity index (χ3n) is 3.47. The van der Waals surface area contributed by atoms with E-state index in [1.165, 1.54) is 11.2 Å². The van der Waals surface area contributed by atoms with Gasteiger partial charge in [-0.05, 0) is 12.8 Å². The van der Waals surface area contributed by atoms with Crippen LogP contribution in [0, 0.1) is 5.92 Å². The Bertz CT molecular complexity index is 444. The molecule has 0 saturated carbocycles. The Labute approximate surface area is 118 Å². The van der Waals surface area contributed by atoms with Crippen molar-refractivity contribution in [2.24, 2.45) is 5.92 Å². The van der Waals surface area contributed by atoms with E-state index in [-0.39, 0.29) is 12.5 Å². The highest BCUT2D eigenvalue weighted by atomic mass is 16.4. The first-order chi connectivity index (χ1) is 9.32. The van der Waals surface area contributed by atoms with Crippen molar-refractivity contribution in [2.45, 2.75) is 39.3 Å². The fourth-order valence-electron chi connectivity index (χ4n) is 1.70. The molecule has 20 heavy (non-hydrogen) atoms. The number of aromatic nitrogens is 2. The number of hydrogen-bond donors (Lipinski definition) is 3. The van der Waals surface area contributed by atoms with E-state index in [4.69, 9.17) is 0 Å². The lowest BCUT2D eigenvalue weighted by molar-refractivity contribution is -0.139. The summed E-state index contributed by atoms with van der Waals surface area (Å²) >= 11 is 0. The van der Waals surface area contributed by atoms with Crippen LogP contribution in [0.25, 0.3) is 0 Å². The summed E-state index contributed by atoms with van der Waals surface area (Å²) in [5, 5.41) is 11.7. The van der Waals surface area contributed by atoms with Crippen LogP contribution in [0.2, 0.25) is 0 Å². The van der Waals surface area contributed by atoms with Gasteiger partial charge in [-0.25, -0.2) is 14.6 Å². The molecule has 2 atom stereocenters. The number of urea groups is 1. The highest BCUT2D eigenvalue weighted by molar-refractivity contribution is 5.82. The first-order valence-corrected chi connectivity index (χ1v) is 6.56. The highest BCUT2D eigenvalue weighted by Gasteiger charge is 2.25. The van der Waals surface area contributed by atoms with Gasteiger partial charge in [0.25, 0.3) is 0 Å². The molecule has 2 unspecified atom stereocenters. The molecule has 1 heterocycles. The Balaban J connectivity index is 2.66. The molecule has 0 aliphatic heterocycles. The Morgan fingerprint density at radius 1 is 1.45 bits per heavy atom. The Morgan fingerprint density at radius 2 is 2.10 bits per heavy atom. The smallest absolute Gasteiger partial charge is 0.326 e. The molecule has 0 aromatic carbocycles. The highest BCUT2D eigenvalue weighted by Crippen LogP contribution is 2.08. The molecule has 3 N–H and O–H groups in total. The molecule has 1 aromatic heterocycles. The Morgan fingerprint density at radius 3 is 2.55 bits per heavy atom. The van der Waals surface area contributed by atoms with Crippen LogP contribution in [0.1, 0.15) is 26.5 Å². The van der Waals surface area contributed by atoms with Crippen molar-refractivity contribution in [2.75, 3.05) is 7.05 Å². The van der Waals surface area contributed by atoms with E-state index in [0.29, 0.717) is 11.6 Å². The molecule has 2 amide bonds. The van der Waals surface area contributed by atoms with E-state index in [1.807, 2.05) is 20.8 Å². The number of H-pyrrole nitrogens is 1. The number of imidazole rings is 1. The van der Waals surface area contributed by atoms with Gasteiger partial charge in [-0.2, -0.15) is 0 Å². The minimum atomic E-state index is -1.07. The number of aromatic amines is 1. The largest absolute Gasteiger partial charge is 0.480 e. The summed E-state index contributed by atoms with van der Waals surface area (Å²) in [7, 11) is 1.66. The fourth-order valence-corrected chi connectivity index (χ4v) is 1.70. The molecule has 0 aliphatic rings. The van der Waals surface area contributed by atoms with Crippen molar-refractivity contribution in [1.82, 2.24) is 20.2 Å². The van der Waals surface area contributed by atoms with Crippen LogP contribution in [0.3, 0.4) is 0 Å². The number of aliphatic carboxylic acids is 1. The van der Waals surface area contributed by atoms with Gasteiger partial charge < -0.3 is 20.3 Å². The third kappa shape index (κ3) is 4.25. The summed E-state index contributed by atoms with van der Waals surface area (Å²) in [4.78, 5) is 31.5. The van der Waals surface area contributed by atoms with Crippen LogP contribution < -0.4 is 5.32 Å². The van der Waals surface area contributed by atoms with E-state index in [0.717, 1.165) is 0 Å². The molecule has 1 rings (SSSR count). The minimum Gasteiger partial charge on any atom is -0.480 e. The lowest BCUT2D eigenvalue weighted by Crippen LogP contribution is -2.51. The molecule has 0 aliphatic carbocycles. The van der Waals surface area contributed by atoms with Crippen molar-refractivity contribution in [3.8, 4) is 0 Å². The average Bonchev–Trinajstić information content (AvgIpc) is 2.88. The average molecular weight is 282 g/mol. The van der Waals surface area contributed by atoms with E-state index in [9.17, 15) is 14.7 Å². The standard InChI is InChI=1S/C13H22N4O3/c1-8(2)9(3)17(4)13(20)16-11(12(18)19)5-10-6-14-7-15-10/h6-9,11H,5H2,1-4H3,(H,14,15)(H,16,20)(H,18,19). The second-order valence-corrected chi connectivity index (χ2v) is 5.22. The van der Waals surface area contributed by atoms with Crippen LogP contribution in [0.5, 0.6) is 0 Å². The van der Waals surface area contributed by atoms with Crippen LogP contribution in [-0.4, -0.2) is 51.1 Å². The van der Waals surface area contributed by atoms with Crippen molar-refractivity contribution >= 4 is 12.0 Å². The molecule has 112 valence electrons. The summed E-state index contributed by atoms with van der Waals surface area (Å²) in [6.45, 7) is 5.94. The lowest BCUT2D eigenvalue weighted by atomic mass is 10.1. The molecule has 1 aromatic rings. The summed E-state index contributed by atoms with van der Waals surface area (Å²) in [6.07, 6.45) is 3.19. The molecule has 7 heteroatoms. The third-order valence-corrected chi connectivity index (χ3v) is 3.47. The normalized spacial score (nSPS) is 13.8. The first kappa shape index (κ1) is 16.0. The second-order valence-electron chi connectivity index (χ2n) is 5.22. The van der Waals surface area contributed by atoms with Crippen molar-refractivity contribution in [1.29, 1.82) is 0 Å². The lowest BCUT2D eigenvalue weighted by Gasteiger charge is -2.29. The molecule has 0 bridgehead atoms. The van der Waals surface area contributed by atoms with Gasteiger partial charge in [0.2, 0.25) is 0 Å². The Kier molecular flexibility index (Phi) is 5.54. The second kappa shape index (κ2) is 6.93. The van der Waals surface area contributed by atoms with Crippen LogP contribution in [0.4, 0.5) is 4.79 Å². The number of carboxylic acids is 1. The number of amides is 2. The van der Waals surface area contributed by atoms with Crippen molar-refractivity contribution in [3.05, 3.63) is 18.2 Å². The number of carbonyl (C=O) groups excluding carboxylic acids is 1. The van der Waals surface area contributed by atoms with E-state index >= 15 is 0 Å². The molecule has 0 spiro atoms. The molecular weight excluding hydrogens is 260 g/mol. The molecule has 7 nitrogen and oxygen atoms in total. The molecule has 0 fully saturated rings. The SMILES string of the molecule is CC(C)C(C)N(C)C(=O)NC(Cc1cnc[nH]1)C(=O)O. The number of carboxylic acid groups (broad SMARTS) is 1. The van der Waals surface area contributed by atoms with Gasteiger partial charge in [0, 0.05) is 31.4 Å². The van der Waals surface area contributed by atoms with Crippen LogP contribution in [-0.2, 0) is 11.2 Å². The molecular formula is C13H22N4O3. The van der Waals surface area contributed by atoms with Gasteiger partial charge >= 0.3 is 12.0 Å². The zero-order chi connectivity index (χ0) is 15.3. The summed E-state index contributed by atoms with van der Waals surface area (Å²) in [5.41, 5.74) is 0.664. The molecule has 0 saturated heterocycles. The van der Waals surface area contributed by atoms with Crippen molar-refractivity contribution < 1.29 is 14.7 Å². The van der Waals surface area contributed by atoms with Gasteiger partial charge in [-0.1, -0.05) is 13.8 Å². The monoisotopic (exact) mass is 282 g/mol. The first-order valence-electron chi connectivity index (χ1n) is 6.56. The Hall–Kier alpha value is -2.05. The molecule has 0 radical (unpaired) electrons. The zero-order valence-corrected chi connectivity index (χ0v) is 12.3. The van der Waals surface area contributed by atoms with Crippen LogP contribution in [0.15, 0.2) is 12.5 Å². The van der Waals surface area contributed by atoms with E-state index in [1.54, 1.807) is 13.2 Å². The van der Waals surface area contributed by atoms with Gasteiger partial charge in [0.15, 0.2) is 0 Å². The number of carbonyl (C=O) groups is 2. The van der Waals surface area contributed by atoms with Crippen molar-refractivity contribution in [3.63, 3.8) is 0 Å². The maximum absolute atomic E-state index is 12.1. The minimum absolute atomic E-state index is 0.0246. The van der Waals surface area contributed by atoms with Gasteiger partial charge in [-0.3, -0.25) is 0 Å². The van der Waals surface area contributed by atoms with E-state index in [2.05, 4.69) is 15.3 Å². The predicted molar refractivity (Wildman–Crippen MR) is 74.3 cm³/mol. The summed E-state index contributed by atoms with van der Waals surface area (Å²) < 4.78 is 0. The van der Waals surface area contributed by atoms with Gasteiger partial charge in [0.05, 0.1) is 6.33 Å². The number of nitrogens with one attached hydrogen (secondary N) is 2. The van der Waals surface area contributed by atoms with E-state index < -0.39 is 18.0 Å². The quantitative estimate of drug-likeness (QED) is 0.727. The van der Waals surface area contributed by atoms with Gasteiger partial charge in [0.1, 0.15) is 6.04 Å². The zero-order valence-electron chi connectivity index (χ0n) is 12.3. The summed E-state index contributed by atoms with van der Waals surface area (Å²) in [6, 6.07) is -1.35.